The average Bonchev–Trinajstić information content (AvgIpc) is 3.20. The molecule has 0 saturated heterocycles. The van der Waals surface area contributed by atoms with Crippen LogP contribution in [0, 0.1) is 13.8 Å². The van der Waals surface area contributed by atoms with Gasteiger partial charge in [0.15, 0.2) is 0 Å². The Balaban J connectivity index is 1.47. The number of amides is 1. The largest absolute Gasteiger partial charge is 0.494 e. The van der Waals surface area contributed by atoms with E-state index in [1.165, 1.54) is 17.3 Å². The van der Waals surface area contributed by atoms with Gasteiger partial charge < -0.3 is 10.1 Å². The normalized spacial score (nSPS) is 10.9. The lowest BCUT2D eigenvalue weighted by Gasteiger charge is -2.07. The van der Waals surface area contributed by atoms with Gasteiger partial charge in [-0.15, -0.1) is 0 Å². The number of thioether (sulfide) groups is 1. The third-order valence-electron chi connectivity index (χ3n) is 4.95. The molecule has 7 heteroatoms. The standard InChI is InChI=1S/C24H24N4O2S/c1-4-30-20-9-6-18(7-10-20)21-14-22-24(25-11-12-28(22)27-21)31-15-23(29)26-19-8-5-16(2)17(3)13-19/h5-14H,4,15H2,1-3H3,(H,26,29). The Bertz CT molecular complexity index is 1220. The molecule has 0 aliphatic rings. The smallest absolute Gasteiger partial charge is 0.234 e. The molecule has 0 bridgehead atoms. The number of carbonyl (C=O) groups is 1. The van der Waals surface area contributed by atoms with Crippen molar-refractivity contribution in [3.63, 3.8) is 0 Å². The van der Waals surface area contributed by atoms with Gasteiger partial charge in [0.05, 0.1) is 23.6 Å². The first kappa shape index (κ1) is 20.9. The number of ether oxygens (including phenoxy) is 1. The van der Waals surface area contributed by atoms with Crippen molar-refractivity contribution in [3.8, 4) is 17.0 Å². The topological polar surface area (TPSA) is 68.5 Å². The third kappa shape index (κ3) is 4.88. The number of nitrogens with one attached hydrogen (secondary N) is 1. The molecule has 2 heterocycles. The maximum Gasteiger partial charge on any atom is 0.234 e. The van der Waals surface area contributed by atoms with E-state index >= 15 is 0 Å². The molecule has 0 atom stereocenters. The molecule has 0 saturated carbocycles. The van der Waals surface area contributed by atoms with E-state index in [-0.39, 0.29) is 11.7 Å². The molecular formula is C24H24N4O2S. The highest BCUT2D eigenvalue weighted by Gasteiger charge is 2.12. The molecule has 0 fully saturated rings. The maximum absolute atomic E-state index is 12.4. The van der Waals surface area contributed by atoms with E-state index in [4.69, 9.17) is 4.74 Å². The number of hydrogen-bond donors (Lipinski definition) is 1. The maximum atomic E-state index is 12.4. The molecule has 0 unspecified atom stereocenters. The zero-order valence-corrected chi connectivity index (χ0v) is 18.6. The lowest BCUT2D eigenvalue weighted by Crippen LogP contribution is -2.14. The van der Waals surface area contributed by atoms with Crippen LogP contribution in [0.4, 0.5) is 5.69 Å². The predicted molar refractivity (Wildman–Crippen MR) is 125 cm³/mol. The quantitative estimate of drug-likeness (QED) is 0.410. The van der Waals surface area contributed by atoms with Crippen LogP contribution in [0.2, 0.25) is 0 Å². The summed E-state index contributed by atoms with van der Waals surface area (Å²) in [5.74, 6) is 1.04. The van der Waals surface area contributed by atoms with Gasteiger partial charge >= 0.3 is 0 Å². The van der Waals surface area contributed by atoms with Crippen molar-refractivity contribution in [3.05, 3.63) is 72.1 Å². The Kier molecular flexibility index (Phi) is 6.23. The molecule has 4 aromatic rings. The summed E-state index contributed by atoms with van der Waals surface area (Å²) in [7, 11) is 0. The summed E-state index contributed by atoms with van der Waals surface area (Å²) < 4.78 is 7.30. The van der Waals surface area contributed by atoms with Crippen LogP contribution in [-0.4, -0.2) is 32.9 Å². The van der Waals surface area contributed by atoms with E-state index in [0.717, 1.165) is 38.8 Å². The number of aromatic nitrogens is 3. The Hall–Kier alpha value is -3.32. The van der Waals surface area contributed by atoms with Crippen LogP contribution in [0.3, 0.4) is 0 Å². The van der Waals surface area contributed by atoms with E-state index in [1.807, 2.05) is 68.6 Å². The molecule has 0 spiro atoms. The van der Waals surface area contributed by atoms with Crippen molar-refractivity contribution < 1.29 is 9.53 Å². The van der Waals surface area contributed by atoms with Gasteiger partial charge in [-0.3, -0.25) is 4.79 Å². The first-order valence-corrected chi connectivity index (χ1v) is 11.1. The van der Waals surface area contributed by atoms with Crippen molar-refractivity contribution in [2.24, 2.45) is 0 Å². The molecule has 31 heavy (non-hydrogen) atoms. The Morgan fingerprint density at radius 1 is 1.10 bits per heavy atom. The number of fused-ring (bicyclic) bond motifs is 1. The summed E-state index contributed by atoms with van der Waals surface area (Å²) >= 11 is 1.40. The second-order valence-electron chi connectivity index (χ2n) is 7.19. The highest BCUT2D eigenvalue weighted by molar-refractivity contribution is 8.00. The van der Waals surface area contributed by atoms with Crippen molar-refractivity contribution in [2.75, 3.05) is 17.7 Å². The van der Waals surface area contributed by atoms with Crippen LogP contribution in [0.1, 0.15) is 18.1 Å². The minimum absolute atomic E-state index is 0.0664. The number of benzene rings is 2. The van der Waals surface area contributed by atoms with E-state index in [9.17, 15) is 4.79 Å². The Morgan fingerprint density at radius 3 is 2.65 bits per heavy atom. The molecule has 1 amide bonds. The second kappa shape index (κ2) is 9.22. The fourth-order valence-electron chi connectivity index (χ4n) is 3.19. The lowest BCUT2D eigenvalue weighted by molar-refractivity contribution is -0.113. The molecule has 6 nitrogen and oxygen atoms in total. The SMILES string of the molecule is CCOc1ccc(-c2cc3c(SCC(=O)Nc4ccc(C)c(C)c4)nccn3n2)cc1. The molecule has 0 radical (unpaired) electrons. The summed E-state index contributed by atoms with van der Waals surface area (Å²) in [5, 5.41) is 8.37. The average molecular weight is 433 g/mol. The Labute approximate surface area is 185 Å². The summed E-state index contributed by atoms with van der Waals surface area (Å²) in [6.45, 7) is 6.68. The van der Waals surface area contributed by atoms with Crippen LogP contribution >= 0.6 is 11.8 Å². The van der Waals surface area contributed by atoms with Crippen LogP contribution in [0.25, 0.3) is 16.8 Å². The lowest BCUT2D eigenvalue weighted by atomic mass is 10.1. The minimum Gasteiger partial charge on any atom is -0.494 e. The monoisotopic (exact) mass is 432 g/mol. The molecule has 1 N–H and O–H groups in total. The summed E-state index contributed by atoms with van der Waals surface area (Å²) in [4.78, 5) is 16.9. The number of aryl methyl sites for hydroxylation is 2. The van der Waals surface area contributed by atoms with E-state index in [0.29, 0.717) is 6.61 Å². The van der Waals surface area contributed by atoms with Crippen LogP contribution in [-0.2, 0) is 4.79 Å². The van der Waals surface area contributed by atoms with Crippen molar-refractivity contribution in [1.82, 2.24) is 14.6 Å². The summed E-state index contributed by atoms with van der Waals surface area (Å²) in [5.41, 5.74) is 5.87. The van der Waals surface area contributed by atoms with Gasteiger partial charge in [-0.2, -0.15) is 5.10 Å². The van der Waals surface area contributed by atoms with Crippen molar-refractivity contribution in [1.29, 1.82) is 0 Å². The fourth-order valence-corrected chi connectivity index (χ4v) is 3.96. The first-order valence-electron chi connectivity index (χ1n) is 10.1. The summed E-state index contributed by atoms with van der Waals surface area (Å²) in [6.07, 6.45) is 3.51. The highest BCUT2D eigenvalue weighted by atomic mass is 32.2. The van der Waals surface area contributed by atoms with Crippen LogP contribution in [0.5, 0.6) is 5.75 Å². The number of anilines is 1. The van der Waals surface area contributed by atoms with Crippen LogP contribution in [0.15, 0.2) is 66.0 Å². The molecule has 2 aromatic heterocycles. The van der Waals surface area contributed by atoms with E-state index in [1.54, 1.807) is 10.7 Å². The summed E-state index contributed by atoms with van der Waals surface area (Å²) in [6, 6.07) is 15.8. The molecule has 0 aliphatic carbocycles. The number of nitrogens with zero attached hydrogens (tertiary/aromatic N) is 3. The number of carbonyl (C=O) groups excluding carboxylic acids is 1. The molecule has 2 aromatic carbocycles. The van der Waals surface area contributed by atoms with Crippen molar-refractivity contribution in [2.45, 2.75) is 25.8 Å². The van der Waals surface area contributed by atoms with Gasteiger partial charge in [0.2, 0.25) is 5.91 Å². The van der Waals surface area contributed by atoms with Gasteiger partial charge in [0.25, 0.3) is 0 Å². The van der Waals surface area contributed by atoms with Crippen LogP contribution < -0.4 is 10.1 Å². The molecule has 158 valence electrons. The molecule has 4 rings (SSSR count). The zero-order chi connectivity index (χ0) is 21.8. The second-order valence-corrected chi connectivity index (χ2v) is 8.15. The highest BCUT2D eigenvalue weighted by Crippen LogP contribution is 2.27. The third-order valence-corrected chi connectivity index (χ3v) is 5.94. The van der Waals surface area contributed by atoms with Gasteiger partial charge in [-0.1, -0.05) is 17.8 Å². The van der Waals surface area contributed by atoms with Gasteiger partial charge in [-0.25, -0.2) is 9.50 Å². The fraction of sp³-hybridized carbons (Fsp3) is 0.208. The van der Waals surface area contributed by atoms with Gasteiger partial charge in [0, 0.05) is 23.6 Å². The van der Waals surface area contributed by atoms with Crippen molar-refractivity contribution >= 4 is 28.9 Å². The van der Waals surface area contributed by atoms with Gasteiger partial charge in [0.1, 0.15) is 10.8 Å². The van der Waals surface area contributed by atoms with Gasteiger partial charge in [-0.05, 0) is 74.4 Å². The number of rotatable bonds is 7. The zero-order valence-electron chi connectivity index (χ0n) is 17.8. The number of hydrogen-bond acceptors (Lipinski definition) is 5. The first-order chi connectivity index (χ1) is 15.0. The molecule has 0 aliphatic heterocycles. The van der Waals surface area contributed by atoms with E-state index < -0.39 is 0 Å². The molecular weight excluding hydrogens is 408 g/mol. The predicted octanol–water partition coefficient (Wildman–Crippen LogP) is 5.14. The van der Waals surface area contributed by atoms with E-state index in [2.05, 4.69) is 22.3 Å². The minimum atomic E-state index is -0.0664. The Morgan fingerprint density at radius 2 is 1.90 bits per heavy atom.